The molecular formula is C14H12N2O8. The quantitative estimate of drug-likeness (QED) is 0.728. The predicted octanol–water partition coefficient (Wildman–Crippen LogP) is 0.541. The average Bonchev–Trinajstić information content (AvgIpc) is 3.21. The molecule has 10 heteroatoms. The van der Waals surface area contributed by atoms with Gasteiger partial charge in [0.05, 0.1) is 12.5 Å². The lowest BCUT2D eigenvalue weighted by atomic mass is 10.3. The molecular weight excluding hydrogens is 324 g/mol. The van der Waals surface area contributed by atoms with Crippen LogP contribution in [0, 0.1) is 0 Å². The van der Waals surface area contributed by atoms with E-state index in [0.717, 1.165) is 0 Å². The molecule has 0 spiro atoms. The van der Waals surface area contributed by atoms with Crippen molar-refractivity contribution in [3.05, 3.63) is 48.3 Å². The second-order valence-electron chi connectivity index (χ2n) is 4.47. The van der Waals surface area contributed by atoms with Crippen LogP contribution in [0.25, 0.3) is 0 Å². The maximum atomic E-state index is 12.4. The smallest absolute Gasteiger partial charge is 0.325 e. The van der Waals surface area contributed by atoms with E-state index < -0.39 is 36.8 Å². The van der Waals surface area contributed by atoms with E-state index >= 15 is 0 Å². The van der Waals surface area contributed by atoms with E-state index in [1.54, 1.807) is 0 Å². The van der Waals surface area contributed by atoms with E-state index in [-0.39, 0.29) is 11.5 Å². The Bertz CT molecular complexity index is 671. The van der Waals surface area contributed by atoms with Crippen molar-refractivity contribution < 1.29 is 38.2 Å². The van der Waals surface area contributed by atoms with Crippen LogP contribution in [0.4, 0.5) is 0 Å². The lowest BCUT2D eigenvalue weighted by Gasteiger charge is -2.31. The third-order valence-electron chi connectivity index (χ3n) is 2.79. The number of hydrogen-bond acceptors (Lipinski definition) is 6. The van der Waals surface area contributed by atoms with Gasteiger partial charge in [-0.3, -0.25) is 19.2 Å². The highest BCUT2D eigenvalue weighted by molar-refractivity contribution is 5.98. The van der Waals surface area contributed by atoms with Crippen molar-refractivity contribution in [1.29, 1.82) is 0 Å². The molecule has 0 saturated heterocycles. The van der Waals surface area contributed by atoms with Gasteiger partial charge in [0.1, 0.15) is 13.1 Å². The highest BCUT2D eigenvalue weighted by Gasteiger charge is 2.33. The lowest BCUT2D eigenvalue weighted by molar-refractivity contribution is -0.146. The summed E-state index contributed by atoms with van der Waals surface area (Å²) in [6.07, 6.45) is 2.37. The summed E-state index contributed by atoms with van der Waals surface area (Å²) < 4.78 is 9.78. The Morgan fingerprint density at radius 2 is 1.17 bits per heavy atom. The van der Waals surface area contributed by atoms with Crippen LogP contribution in [0.2, 0.25) is 0 Å². The molecule has 2 heterocycles. The Labute approximate surface area is 134 Å². The maximum absolute atomic E-state index is 12.4. The second kappa shape index (κ2) is 7.13. The van der Waals surface area contributed by atoms with Crippen molar-refractivity contribution in [1.82, 2.24) is 10.0 Å². The first-order chi connectivity index (χ1) is 11.4. The minimum absolute atomic E-state index is 0.251. The zero-order valence-corrected chi connectivity index (χ0v) is 12.1. The average molecular weight is 336 g/mol. The maximum Gasteiger partial charge on any atom is 0.325 e. The summed E-state index contributed by atoms with van der Waals surface area (Å²) in [4.78, 5) is 46.9. The van der Waals surface area contributed by atoms with Crippen molar-refractivity contribution in [3.8, 4) is 0 Å². The molecule has 2 amide bonds. The van der Waals surface area contributed by atoms with Gasteiger partial charge in [0.15, 0.2) is 11.5 Å². The number of carboxylic acid groups (broad SMARTS) is 2. The van der Waals surface area contributed by atoms with Gasteiger partial charge in [-0.15, -0.1) is 0 Å². The van der Waals surface area contributed by atoms with E-state index in [4.69, 9.17) is 19.0 Å². The largest absolute Gasteiger partial charge is 0.480 e. The van der Waals surface area contributed by atoms with Crippen molar-refractivity contribution in [2.75, 3.05) is 13.1 Å². The summed E-state index contributed by atoms with van der Waals surface area (Å²) in [6, 6.07) is 5.30. The van der Waals surface area contributed by atoms with Gasteiger partial charge in [0.25, 0.3) is 0 Å². The number of amides is 2. The van der Waals surface area contributed by atoms with Gasteiger partial charge in [-0.2, -0.15) is 0 Å². The number of aliphatic carboxylic acids is 2. The molecule has 0 aliphatic rings. The van der Waals surface area contributed by atoms with Crippen LogP contribution in [0.3, 0.4) is 0 Å². The first kappa shape index (κ1) is 16.8. The molecule has 0 aliphatic heterocycles. The molecule has 0 aliphatic carbocycles. The molecule has 2 N–H and O–H groups in total. The number of rotatable bonds is 6. The van der Waals surface area contributed by atoms with Crippen LogP contribution < -0.4 is 0 Å². The first-order valence-electron chi connectivity index (χ1n) is 6.54. The number of hydrazine groups is 1. The van der Waals surface area contributed by atoms with E-state index in [1.165, 1.54) is 36.8 Å². The number of furan rings is 2. The van der Waals surface area contributed by atoms with Crippen LogP contribution in [0.1, 0.15) is 21.1 Å². The highest BCUT2D eigenvalue weighted by Crippen LogP contribution is 2.13. The van der Waals surface area contributed by atoms with Gasteiger partial charge in [-0.25, -0.2) is 10.0 Å². The Kier molecular flexibility index (Phi) is 5.00. The standard InChI is InChI=1S/C14H12N2O8/c17-11(18)7-15(13(21)9-3-1-5-23-9)16(8-12(19)20)14(22)10-4-2-6-24-10/h1-6H,7-8H2,(H,17,18)(H,19,20). The topological polar surface area (TPSA) is 142 Å². The Balaban J connectivity index is 2.39. The van der Waals surface area contributed by atoms with Gasteiger partial charge in [0.2, 0.25) is 0 Å². The molecule has 2 aromatic heterocycles. The van der Waals surface area contributed by atoms with Crippen LogP contribution in [0.15, 0.2) is 45.6 Å². The number of carbonyl (C=O) groups excluding carboxylic acids is 2. The summed E-state index contributed by atoms with van der Waals surface area (Å²) in [5.74, 6) is -5.36. The SMILES string of the molecule is O=C(O)CN(C(=O)c1ccco1)N(CC(=O)O)C(=O)c1ccco1. The van der Waals surface area contributed by atoms with Gasteiger partial charge in [-0.1, -0.05) is 0 Å². The van der Waals surface area contributed by atoms with Crippen LogP contribution >= 0.6 is 0 Å². The van der Waals surface area contributed by atoms with Crippen LogP contribution in [-0.2, 0) is 9.59 Å². The normalized spacial score (nSPS) is 10.2. The fourth-order valence-electron chi connectivity index (χ4n) is 1.84. The molecule has 10 nitrogen and oxygen atoms in total. The van der Waals surface area contributed by atoms with Crippen molar-refractivity contribution in [2.45, 2.75) is 0 Å². The third kappa shape index (κ3) is 3.80. The van der Waals surface area contributed by atoms with Crippen LogP contribution in [-0.4, -0.2) is 57.1 Å². The third-order valence-corrected chi connectivity index (χ3v) is 2.79. The monoisotopic (exact) mass is 336 g/mol. The molecule has 0 fully saturated rings. The molecule has 2 rings (SSSR count). The van der Waals surface area contributed by atoms with E-state index in [0.29, 0.717) is 10.0 Å². The lowest BCUT2D eigenvalue weighted by Crippen LogP contribution is -2.53. The number of carbonyl (C=O) groups is 4. The zero-order chi connectivity index (χ0) is 17.7. The molecule has 0 aromatic carbocycles. The molecule has 126 valence electrons. The molecule has 0 bridgehead atoms. The fraction of sp³-hybridized carbons (Fsp3) is 0.143. The highest BCUT2D eigenvalue weighted by atomic mass is 16.4. The van der Waals surface area contributed by atoms with E-state index in [2.05, 4.69) is 0 Å². The summed E-state index contributed by atoms with van der Waals surface area (Å²) in [5.41, 5.74) is 0. The summed E-state index contributed by atoms with van der Waals surface area (Å²) in [6.45, 7) is -1.89. The summed E-state index contributed by atoms with van der Waals surface area (Å²) >= 11 is 0. The molecule has 0 radical (unpaired) electrons. The van der Waals surface area contributed by atoms with Gasteiger partial charge in [-0.05, 0) is 24.3 Å². The Hall–Kier alpha value is -3.56. The zero-order valence-electron chi connectivity index (χ0n) is 12.1. The fourth-order valence-corrected chi connectivity index (χ4v) is 1.84. The molecule has 24 heavy (non-hydrogen) atoms. The van der Waals surface area contributed by atoms with Crippen molar-refractivity contribution >= 4 is 23.8 Å². The molecule has 0 atom stereocenters. The van der Waals surface area contributed by atoms with Gasteiger partial charge >= 0.3 is 23.8 Å². The second-order valence-corrected chi connectivity index (χ2v) is 4.47. The van der Waals surface area contributed by atoms with Gasteiger partial charge in [0, 0.05) is 0 Å². The molecule has 0 saturated carbocycles. The van der Waals surface area contributed by atoms with Crippen LogP contribution in [0.5, 0.6) is 0 Å². The Morgan fingerprint density at radius 3 is 1.42 bits per heavy atom. The molecule has 0 unspecified atom stereocenters. The predicted molar refractivity (Wildman–Crippen MR) is 74.8 cm³/mol. The molecule has 2 aromatic rings. The first-order valence-corrected chi connectivity index (χ1v) is 6.54. The summed E-state index contributed by atoms with van der Waals surface area (Å²) in [5, 5.41) is 18.9. The van der Waals surface area contributed by atoms with E-state index in [1.807, 2.05) is 0 Å². The number of hydrogen-bond donors (Lipinski definition) is 2. The van der Waals surface area contributed by atoms with Gasteiger partial charge < -0.3 is 19.0 Å². The van der Waals surface area contributed by atoms with E-state index in [9.17, 15) is 19.2 Å². The number of nitrogens with zero attached hydrogens (tertiary/aromatic N) is 2. The minimum atomic E-state index is -1.45. The Morgan fingerprint density at radius 1 is 0.792 bits per heavy atom. The van der Waals surface area contributed by atoms with Crippen molar-refractivity contribution in [2.24, 2.45) is 0 Å². The minimum Gasteiger partial charge on any atom is -0.480 e. The van der Waals surface area contributed by atoms with Crippen molar-refractivity contribution in [3.63, 3.8) is 0 Å². The summed E-state index contributed by atoms with van der Waals surface area (Å²) in [7, 11) is 0. The number of carboxylic acids is 2.